The molecular weight excluding hydrogens is 194 g/mol. The highest BCUT2D eigenvalue weighted by atomic mass is 79.9. The predicted octanol–water partition coefficient (Wildman–Crippen LogP) is 1.79. The van der Waals surface area contributed by atoms with Gasteiger partial charge < -0.3 is 5.11 Å². The average molecular weight is 202 g/mol. The van der Waals surface area contributed by atoms with Gasteiger partial charge in [-0.05, 0) is 17.7 Å². The first kappa shape index (κ1) is 7.57. The fraction of sp³-hybridized carbons (Fsp3) is 0.143. The van der Waals surface area contributed by atoms with E-state index in [1.807, 2.05) is 12.1 Å². The number of nitrogens with one attached hydrogen (secondary N) is 1. The summed E-state index contributed by atoms with van der Waals surface area (Å²) in [6.45, 7) is 0.764. The van der Waals surface area contributed by atoms with Gasteiger partial charge in [-0.1, -0.05) is 12.1 Å². The molecule has 0 radical (unpaired) electrons. The van der Waals surface area contributed by atoms with Crippen LogP contribution in [0.1, 0.15) is 5.56 Å². The number of hydrogen-bond acceptors (Lipinski definition) is 2. The van der Waals surface area contributed by atoms with Gasteiger partial charge in [0, 0.05) is 22.7 Å². The summed E-state index contributed by atoms with van der Waals surface area (Å²) in [5, 5.41) is 8.89. The van der Waals surface area contributed by atoms with Crippen molar-refractivity contribution in [1.29, 1.82) is 0 Å². The third-order valence-electron chi connectivity index (χ3n) is 1.21. The van der Waals surface area contributed by atoms with Crippen LogP contribution in [0.5, 0.6) is 5.75 Å². The molecule has 0 aliphatic heterocycles. The molecule has 54 valence electrons. The molecule has 0 aliphatic rings. The van der Waals surface area contributed by atoms with E-state index >= 15 is 0 Å². The van der Waals surface area contributed by atoms with E-state index in [0.717, 1.165) is 12.1 Å². The van der Waals surface area contributed by atoms with Crippen molar-refractivity contribution in [3.63, 3.8) is 0 Å². The SMILES string of the molecule is Oc1ccc(CNBr)cc1. The van der Waals surface area contributed by atoms with E-state index in [1.54, 1.807) is 12.1 Å². The lowest BCUT2D eigenvalue weighted by Crippen LogP contribution is -1.96. The van der Waals surface area contributed by atoms with Crippen molar-refractivity contribution in [3.05, 3.63) is 29.8 Å². The van der Waals surface area contributed by atoms with E-state index in [-0.39, 0.29) is 0 Å². The monoisotopic (exact) mass is 201 g/mol. The van der Waals surface area contributed by atoms with Crippen LogP contribution in [0.3, 0.4) is 0 Å². The predicted molar refractivity (Wildman–Crippen MR) is 43.9 cm³/mol. The molecule has 1 rings (SSSR count). The van der Waals surface area contributed by atoms with Crippen molar-refractivity contribution in [2.24, 2.45) is 0 Å². The van der Waals surface area contributed by atoms with Gasteiger partial charge in [-0.3, -0.25) is 4.34 Å². The van der Waals surface area contributed by atoms with Crippen LogP contribution in [0.25, 0.3) is 0 Å². The Morgan fingerprint density at radius 2 is 1.90 bits per heavy atom. The summed E-state index contributed by atoms with van der Waals surface area (Å²) in [5.74, 6) is 0.304. The van der Waals surface area contributed by atoms with Gasteiger partial charge in [0.25, 0.3) is 0 Å². The second-order valence-corrected chi connectivity index (χ2v) is 2.54. The molecule has 0 aliphatic carbocycles. The number of phenols is 1. The molecule has 1 aromatic rings. The maximum atomic E-state index is 8.89. The highest BCUT2D eigenvalue weighted by Crippen LogP contribution is 2.09. The number of hydrogen-bond donors (Lipinski definition) is 2. The molecule has 2 N–H and O–H groups in total. The number of halogens is 1. The summed E-state index contributed by atoms with van der Waals surface area (Å²) in [6, 6.07) is 7.06. The van der Waals surface area contributed by atoms with Crippen LogP contribution in [0.2, 0.25) is 0 Å². The van der Waals surface area contributed by atoms with Crippen LogP contribution in [-0.2, 0) is 6.54 Å². The maximum absolute atomic E-state index is 8.89. The molecule has 0 saturated heterocycles. The van der Waals surface area contributed by atoms with Crippen LogP contribution < -0.4 is 4.34 Å². The summed E-state index contributed by atoms with van der Waals surface area (Å²) < 4.78 is 2.83. The summed E-state index contributed by atoms with van der Waals surface area (Å²) in [6.07, 6.45) is 0. The Kier molecular flexibility index (Phi) is 2.71. The molecule has 0 heterocycles. The summed E-state index contributed by atoms with van der Waals surface area (Å²) in [5.41, 5.74) is 1.13. The lowest BCUT2D eigenvalue weighted by molar-refractivity contribution is 0.475. The van der Waals surface area contributed by atoms with Gasteiger partial charge in [0.1, 0.15) is 5.75 Å². The lowest BCUT2D eigenvalue weighted by Gasteiger charge is -1.96. The Morgan fingerprint density at radius 1 is 1.30 bits per heavy atom. The van der Waals surface area contributed by atoms with Crippen molar-refractivity contribution >= 4 is 16.1 Å². The number of benzene rings is 1. The summed E-state index contributed by atoms with van der Waals surface area (Å²) in [7, 11) is 0. The van der Waals surface area contributed by atoms with Crippen LogP contribution >= 0.6 is 16.1 Å². The summed E-state index contributed by atoms with van der Waals surface area (Å²) >= 11 is 3.09. The fourth-order valence-corrected chi connectivity index (χ4v) is 1.01. The minimum Gasteiger partial charge on any atom is -0.508 e. The van der Waals surface area contributed by atoms with Gasteiger partial charge in [0.15, 0.2) is 0 Å². The van der Waals surface area contributed by atoms with E-state index in [1.165, 1.54) is 0 Å². The zero-order chi connectivity index (χ0) is 7.40. The normalized spacial score (nSPS) is 9.70. The highest BCUT2D eigenvalue weighted by Gasteiger charge is 1.89. The third kappa shape index (κ3) is 2.01. The molecular formula is C7H8BrNO. The number of aromatic hydroxyl groups is 1. The Morgan fingerprint density at radius 3 is 2.40 bits per heavy atom. The van der Waals surface area contributed by atoms with Gasteiger partial charge in [0.05, 0.1) is 0 Å². The van der Waals surface area contributed by atoms with E-state index < -0.39 is 0 Å². The van der Waals surface area contributed by atoms with E-state index in [0.29, 0.717) is 5.75 Å². The first-order valence-corrected chi connectivity index (χ1v) is 3.73. The lowest BCUT2D eigenvalue weighted by atomic mass is 10.2. The topological polar surface area (TPSA) is 32.3 Å². The van der Waals surface area contributed by atoms with Crippen molar-refractivity contribution in [2.75, 3.05) is 0 Å². The zero-order valence-electron chi connectivity index (χ0n) is 5.34. The smallest absolute Gasteiger partial charge is 0.115 e. The third-order valence-corrected chi connectivity index (χ3v) is 1.49. The molecule has 0 aromatic heterocycles. The second kappa shape index (κ2) is 3.58. The van der Waals surface area contributed by atoms with E-state index in [9.17, 15) is 0 Å². The van der Waals surface area contributed by atoms with E-state index in [4.69, 9.17) is 5.11 Å². The minimum absolute atomic E-state index is 0.304. The molecule has 10 heavy (non-hydrogen) atoms. The summed E-state index contributed by atoms with van der Waals surface area (Å²) in [4.78, 5) is 0. The standard InChI is InChI=1S/C7H8BrNO/c8-9-5-6-1-3-7(10)4-2-6/h1-4,9-10H,5H2. The van der Waals surface area contributed by atoms with Gasteiger partial charge in [-0.2, -0.15) is 0 Å². The van der Waals surface area contributed by atoms with Crippen molar-refractivity contribution in [1.82, 2.24) is 4.34 Å². The second-order valence-electron chi connectivity index (χ2n) is 1.98. The highest BCUT2D eigenvalue weighted by molar-refractivity contribution is 9.08. The molecule has 1 aromatic carbocycles. The maximum Gasteiger partial charge on any atom is 0.115 e. The number of rotatable bonds is 2. The minimum atomic E-state index is 0.304. The molecule has 0 unspecified atom stereocenters. The van der Waals surface area contributed by atoms with Crippen LogP contribution in [0.15, 0.2) is 24.3 Å². The van der Waals surface area contributed by atoms with Gasteiger partial charge >= 0.3 is 0 Å². The molecule has 0 atom stereocenters. The molecule has 0 fully saturated rings. The zero-order valence-corrected chi connectivity index (χ0v) is 6.93. The van der Waals surface area contributed by atoms with Crippen molar-refractivity contribution in [3.8, 4) is 5.75 Å². The van der Waals surface area contributed by atoms with Gasteiger partial charge in [-0.25, -0.2) is 0 Å². The molecule has 0 bridgehead atoms. The van der Waals surface area contributed by atoms with Crippen LogP contribution in [-0.4, -0.2) is 5.11 Å². The van der Waals surface area contributed by atoms with Gasteiger partial charge in [-0.15, -0.1) is 0 Å². The van der Waals surface area contributed by atoms with Crippen LogP contribution in [0.4, 0.5) is 0 Å². The molecule has 2 nitrogen and oxygen atoms in total. The molecule has 0 amide bonds. The van der Waals surface area contributed by atoms with E-state index in [2.05, 4.69) is 20.5 Å². The number of phenolic OH excluding ortho intramolecular Hbond substituents is 1. The Bertz CT molecular complexity index is 197. The molecule has 0 spiro atoms. The Labute approximate surface area is 68.2 Å². The average Bonchev–Trinajstić information content (AvgIpc) is 1.95. The Balaban J connectivity index is 2.69. The molecule has 3 heteroatoms. The quantitative estimate of drug-likeness (QED) is 0.716. The van der Waals surface area contributed by atoms with Crippen molar-refractivity contribution in [2.45, 2.75) is 6.54 Å². The van der Waals surface area contributed by atoms with Crippen molar-refractivity contribution < 1.29 is 5.11 Å². The Hall–Kier alpha value is -0.540. The fourth-order valence-electron chi connectivity index (χ4n) is 0.691. The largest absolute Gasteiger partial charge is 0.508 e. The first-order chi connectivity index (χ1) is 4.83. The van der Waals surface area contributed by atoms with Crippen LogP contribution in [0, 0.1) is 0 Å². The molecule has 0 saturated carbocycles. The van der Waals surface area contributed by atoms with Gasteiger partial charge in [0.2, 0.25) is 0 Å². The first-order valence-electron chi connectivity index (χ1n) is 2.94.